The molecule has 0 spiro atoms. The molecule has 133 heavy (non-hydrogen) atoms. The lowest BCUT2D eigenvalue weighted by Crippen LogP contribution is -2.52. The molecule has 0 radical (unpaired) electrons. The molecule has 0 aliphatic rings. The molecule has 8 aromatic carbocycles. The number of hydrogen-bond donors (Lipinski definition) is 0. The van der Waals surface area contributed by atoms with Crippen molar-refractivity contribution in [3.8, 4) is 46.0 Å². The van der Waals surface area contributed by atoms with Crippen molar-refractivity contribution in [3.63, 3.8) is 0 Å². The number of hydrogen-bond acceptors (Lipinski definition) is 12. The van der Waals surface area contributed by atoms with Crippen LogP contribution in [0.2, 0.25) is 0 Å². The summed E-state index contributed by atoms with van der Waals surface area (Å²) in [5.41, 5.74) is 8.72. The van der Waals surface area contributed by atoms with Crippen LogP contribution >= 0.6 is 34.4 Å². The molecule has 0 aromatic heterocycles. The Bertz CT molecular complexity index is 4630. The van der Waals surface area contributed by atoms with Crippen molar-refractivity contribution >= 4 is 34.4 Å². The highest BCUT2D eigenvalue weighted by Gasteiger charge is 2.61. The van der Waals surface area contributed by atoms with E-state index in [2.05, 4.69) is 478 Å². The van der Waals surface area contributed by atoms with E-state index in [0.29, 0.717) is 46.0 Å². The monoisotopic (exact) mass is 1900 g/mol. The Labute approximate surface area is 814 Å². The first-order chi connectivity index (χ1) is 59.7. The zero-order valence-corrected chi connectivity index (χ0v) is 95.8. The molecule has 0 fully saturated rings. The van der Waals surface area contributed by atoms with Gasteiger partial charge in [-0.25, -0.2) is 13.6 Å². The quantitative estimate of drug-likeness (QED) is 0.0380. The van der Waals surface area contributed by atoms with Crippen molar-refractivity contribution in [1.82, 2.24) is 0 Å². The van der Waals surface area contributed by atoms with Crippen molar-refractivity contribution in [2.75, 3.05) is 6.61 Å². The van der Waals surface area contributed by atoms with Gasteiger partial charge in [-0.3, -0.25) is 4.52 Å². The van der Waals surface area contributed by atoms with E-state index in [1.807, 2.05) is 13.8 Å². The SMILES string of the molecule is CC(C)(C)c1ccc(OP(OCC(C)(C)C(OP(Oc2ccc(C(C)(C)C)cc2C(C)(C)C)Oc2ccc(C(C)(C)C)cc2C(C)(C)C)(OP(Oc2ccc(C(C)(C)C)cc2C(C)(C)C)Oc2ccc(C(C)(C)C)cc2C(C)(C)C)OP(Oc2ccc(C(C)(C)C)cc2C(C)(C)C)Oc2ccc(C(C)(C)C)cc2C(C)(C)C)Oc2ccc(C(C)(C)C)cc2C(C)(C)C)c(C(C)(C)C)c1. The van der Waals surface area contributed by atoms with E-state index in [-0.39, 0.29) is 49.9 Å². The normalized spacial score (nSPS) is 14.1. The second-order valence-corrected chi connectivity index (χ2v) is 58.4. The zero-order chi connectivity index (χ0) is 101. The molecule has 16 heteroatoms. The van der Waals surface area contributed by atoms with Crippen LogP contribution in [-0.4, -0.2) is 12.6 Å². The lowest BCUT2D eigenvalue weighted by atomic mass is 9.80. The maximum Gasteiger partial charge on any atom is 0.467 e. The van der Waals surface area contributed by atoms with Gasteiger partial charge < -0.3 is 36.2 Å². The fourth-order valence-electron chi connectivity index (χ4n) is 15.2. The molecular weight excluding hydrogens is 1720 g/mol. The van der Waals surface area contributed by atoms with Crippen molar-refractivity contribution in [1.29, 1.82) is 0 Å². The lowest BCUT2D eigenvalue weighted by Gasteiger charge is -2.45. The predicted molar refractivity (Wildman–Crippen MR) is 569 cm³/mol. The van der Waals surface area contributed by atoms with Crippen LogP contribution in [0, 0.1) is 5.41 Å². The third-order valence-electron chi connectivity index (χ3n) is 24.6. The summed E-state index contributed by atoms with van der Waals surface area (Å²) < 4.78 is 97.1. The average molecular weight is 1900 g/mol. The predicted octanol–water partition coefficient (Wildman–Crippen LogP) is 37.0. The van der Waals surface area contributed by atoms with Gasteiger partial charge in [0.25, 0.3) is 0 Å². The largest absolute Gasteiger partial charge is 0.467 e. The van der Waals surface area contributed by atoms with Crippen LogP contribution in [0.15, 0.2) is 146 Å². The minimum Gasteiger partial charge on any atom is -0.417 e. The van der Waals surface area contributed by atoms with Crippen LogP contribution in [0.25, 0.3) is 0 Å². The smallest absolute Gasteiger partial charge is 0.417 e. The summed E-state index contributed by atoms with van der Waals surface area (Å²) >= 11 is 0. The summed E-state index contributed by atoms with van der Waals surface area (Å²) in [5, 5.41) is 0. The molecule has 12 nitrogen and oxygen atoms in total. The molecule has 0 heterocycles. The van der Waals surface area contributed by atoms with Crippen molar-refractivity contribution in [2.45, 2.75) is 439 Å². The van der Waals surface area contributed by atoms with E-state index in [1.54, 1.807) is 0 Å². The Hall–Kier alpha value is -6.28. The second kappa shape index (κ2) is 39.4. The van der Waals surface area contributed by atoms with E-state index >= 15 is 0 Å². The summed E-state index contributed by atoms with van der Waals surface area (Å²) in [6.07, 6.45) is 0. The molecule has 0 unspecified atom stereocenters. The van der Waals surface area contributed by atoms with E-state index in [4.69, 9.17) is 54.3 Å². The van der Waals surface area contributed by atoms with Gasteiger partial charge in [0.05, 0.1) is 12.0 Å². The van der Waals surface area contributed by atoms with Gasteiger partial charge in [0.2, 0.25) is 0 Å². The van der Waals surface area contributed by atoms with Crippen molar-refractivity contribution in [2.24, 2.45) is 5.41 Å². The summed E-state index contributed by atoms with van der Waals surface area (Å²) in [5.74, 6) is 1.55. The molecule has 0 saturated carbocycles. The Morgan fingerprint density at radius 3 is 0.391 bits per heavy atom. The first kappa shape index (κ1) is 112. The topological polar surface area (TPSA) is 111 Å². The summed E-state index contributed by atoms with van der Waals surface area (Å²) in [4.78, 5) is 0. The highest BCUT2D eigenvalue weighted by Crippen LogP contribution is 2.65. The Kier molecular flexibility index (Phi) is 33.2. The Morgan fingerprint density at radius 1 is 0.158 bits per heavy atom. The third-order valence-corrected chi connectivity index (χ3v) is 28.8. The minimum atomic E-state index is -2.96. The van der Waals surface area contributed by atoms with E-state index in [9.17, 15) is 0 Å². The molecule has 0 N–H and O–H groups in total. The second-order valence-electron chi connectivity index (χ2n) is 54.3. The highest BCUT2D eigenvalue weighted by atomic mass is 31.2. The fraction of sp³-hybridized carbons (Fsp3) is 0.590. The van der Waals surface area contributed by atoms with Gasteiger partial charge in [-0.05, 0) is 194 Å². The first-order valence-electron chi connectivity index (χ1n) is 48.2. The molecule has 8 rings (SSSR count). The Balaban J connectivity index is 1.69. The third kappa shape index (κ3) is 29.4. The molecular formula is C117H176O12P4. The van der Waals surface area contributed by atoms with Crippen LogP contribution in [0.3, 0.4) is 0 Å². The van der Waals surface area contributed by atoms with Crippen LogP contribution in [0.4, 0.5) is 0 Å². The van der Waals surface area contributed by atoms with Crippen molar-refractivity contribution in [3.05, 3.63) is 235 Å². The van der Waals surface area contributed by atoms with Crippen LogP contribution in [0.1, 0.15) is 435 Å². The van der Waals surface area contributed by atoms with Gasteiger partial charge in [0.15, 0.2) is 0 Å². The van der Waals surface area contributed by atoms with E-state index in [0.717, 1.165) is 89.0 Å². The summed E-state index contributed by atoms with van der Waals surface area (Å²) in [6.45, 7) is 111. The standard InChI is InChI=1S/C117H176O12P4/c1-100(2,3)76-51-59-92(84(67-76)108(25,26)27)119-130(120-93-60-52-77(101(4,5)6)68-85(93)109(28,29)30)118-75-116(49,50)117(127-131(121-94-61-53-78(102(7,8)9)69-86(94)110(31,32)33)122-95-62-54-79(103(10,11)12)70-87(95)111(34,35)36,128-132(123-96-63-55-80(104(13,14)15)71-88(96)112(37,38)39)124-97-64-56-81(105(16,17)18)72-89(97)113(40,41)42)129-133(125-98-65-57-82(106(19,20)21)73-90(98)114(43,44)45)126-99-66-58-83(107(22,23)24)74-91(99)115(46,47)48/h51-74H,75H2,1-50H3. The van der Waals surface area contributed by atoms with Gasteiger partial charge in [0.1, 0.15) is 46.0 Å². The van der Waals surface area contributed by atoms with Crippen LogP contribution in [0.5, 0.6) is 46.0 Å². The molecule has 0 amide bonds. The molecule has 736 valence electrons. The molecule has 0 saturated heterocycles. The minimum absolute atomic E-state index is 0.205. The van der Waals surface area contributed by atoms with Crippen LogP contribution < -0.4 is 36.2 Å². The van der Waals surface area contributed by atoms with Gasteiger partial charge in [-0.2, -0.15) is 0 Å². The maximum absolute atomic E-state index is 8.62. The summed E-state index contributed by atoms with van der Waals surface area (Å²) in [6, 6.07) is 51.8. The van der Waals surface area contributed by atoms with Crippen molar-refractivity contribution < 1.29 is 54.3 Å². The Morgan fingerprint density at radius 2 is 0.278 bits per heavy atom. The zero-order valence-electron chi connectivity index (χ0n) is 92.3. The van der Waals surface area contributed by atoms with Crippen LogP contribution in [-0.2, 0) is 105 Å². The first-order valence-corrected chi connectivity index (χ1v) is 52.6. The van der Waals surface area contributed by atoms with E-state index in [1.165, 1.54) is 0 Å². The highest BCUT2D eigenvalue weighted by molar-refractivity contribution is 7.44. The molecule has 0 aliphatic carbocycles. The fourth-order valence-corrected chi connectivity index (χ4v) is 20.4. The number of benzene rings is 8. The van der Waals surface area contributed by atoms with Gasteiger partial charge in [-0.1, -0.05) is 429 Å². The van der Waals surface area contributed by atoms with Gasteiger partial charge in [0, 0.05) is 44.5 Å². The van der Waals surface area contributed by atoms with E-state index < -0.39 is 89.1 Å². The molecule has 0 atom stereocenters. The average Bonchev–Trinajstić information content (AvgIpc) is 0.748. The maximum atomic E-state index is 8.62. The lowest BCUT2D eigenvalue weighted by molar-refractivity contribution is -0.323. The van der Waals surface area contributed by atoms with Gasteiger partial charge in [-0.15, -0.1) is 0 Å². The van der Waals surface area contributed by atoms with Gasteiger partial charge >= 0.3 is 40.4 Å². The molecule has 8 aromatic rings. The summed E-state index contributed by atoms with van der Waals surface area (Å²) in [7, 11) is -11.4. The molecule has 0 aliphatic heterocycles. The number of rotatable bonds is 26. The molecule has 0 bridgehead atoms.